The standard InChI is InChI=1S/C52H100O17P2/c1-5-9-13-17-20-22-23-24-27-31-35-39-52(57)69-48(43-63-50(55)37-33-29-26-21-18-14-10-6-2)45-67-71(60,61)65-41-46(53)40-64-70(58,59)66-44-47(42-62-49(54)36-32-28-16-12-8-4)68-51(56)38-34-30-25-19-15-11-7-3/h46-48,53H,5-45H2,1-4H3,(H,58,59)(H,60,61)/t46-,47+,48+/m0/s1. The molecule has 2 unspecified atom stereocenters. The molecule has 0 aliphatic heterocycles. The molecule has 420 valence electrons. The van der Waals surface area contributed by atoms with E-state index in [1.165, 1.54) is 57.8 Å². The zero-order valence-corrected chi connectivity index (χ0v) is 46.5. The molecule has 0 amide bonds. The number of phosphoric acid groups is 2. The van der Waals surface area contributed by atoms with E-state index >= 15 is 0 Å². The first-order chi connectivity index (χ1) is 34.2. The minimum Gasteiger partial charge on any atom is -0.462 e. The molecule has 71 heavy (non-hydrogen) atoms. The van der Waals surface area contributed by atoms with Crippen LogP contribution in [0.5, 0.6) is 0 Å². The van der Waals surface area contributed by atoms with Gasteiger partial charge in [0.25, 0.3) is 0 Å². The van der Waals surface area contributed by atoms with Gasteiger partial charge in [0.05, 0.1) is 26.4 Å². The van der Waals surface area contributed by atoms with Crippen LogP contribution in [0, 0.1) is 0 Å². The van der Waals surface area contributed by atoms with E-state index in [0.29, 0.717) is 25.7 Å². The zero-order chi connectivity index (χ0) is 52.7. The lowest BCUT2D eigenvalue weighted by Gasteiger charge is -2.21. The number of esters is 4. The van der Waals surface area contributed by atoms with Gasteiger partial charge in [-0.15, -0.1) is 0 Å². The summed E-state index contributed by atoms with van der Waals surface area (Å²) in [5, 5.41) is 10.4. The Hall–Kier alpha value is -1.94. The van der Waals surface area contributed by atoms with E-state index < -0.39 is 97.5 Å². The van der Waals surface area contributed by atoms with Crippen LogP contribution in [-0.4, -0.2) is 96.7 Å². The first kappa shape index (κ1) is 69.1. The van der Waals surface area contributed by atoms with Crippen molar-refractivity contribution in [1.82, 2.24) is 0 Å². The topological polar surface area (TPSA) is 237 Å². The molecule has 0 heterocycles. The number of hydrogen-bond acceptors (Lipinski definition) is 15. The normalized spacial score (nSPS) is 14.5. The van der Waals surface area contributed by atoms with Crippen LogP contribution in [0.3, 0.4) is 0 Å². The molecular weight excluding hydrogens is 959 g/mol. The largest absolute Gasteiger partial charge is 0.472 e. The average Bonchev–Trinajstić information content (AvgIpc) is 3.34. The summed E-state index contributed by atoms with van der Waals surface area (Å²) in [4.78, 5) is 71.2. The van der Waals surface area contributed by atoms with Crippen molar-refractivity contribution in [3.8, 4) is 0 Å². The molecule has 0 radical (unpaired) electrons. The summed E-state index contributed by atoms with van der Waals surface area (Å²) in [6, 6.07) is 0. The summed E-state index contributed by atoms with van der Waals surface area (Å²) in [5.74, 6) is -2.17. The Kier molecular flexibility index (Phi) is 46.4. The molecule has 0 saturated carbocycles. The molecule has 5 atom stereocenters. The maximum absolute atomic E-state index is 12.8. The van der Waals surface area contributed by atoms with Crippen LogP contribution in [0.4, 0.5) is 0 Å². The van der Waals surface area contributed by atoms with Crippen LogP contribution in [0.25, 0.3) is 0 Å². The summed E-state index contributed by atoms with van der Waals surface area (Å²) in [5.41, 5.74) is 0. The molecular formula is C52H100O17P2. The van der Waals surface area contributed by atoms with Gasteiger partial charge in [-0.1, -0.05) is 201 Å². The lowest BCUT2D eigenvalue weighted by Crippen LogP contribution is -2.30. The van der Waals surface area contributed by atoms with Crippen molar-refractivity contribution < 1.29 is 80.2 Å². The lowest BCUT2D eigenvalue weighted by atomic mass is 10.1. The van der Waals surface area contributed by atoms with E-state index in [2.05, 4.69) is 27.7 Å². The van der Waals surface area contributed by atoms with Crippen molar-refractivity contribution in [2.45, 2.75) is 271 Å². The maximum Gasteiger partial charge on any atom is 0.472 e. The quantitative estimate of drug-likeness (QED) is 0.0222. The minimum atomic E-state index is -4.92. The van der Waals surface area contributed by atoms with E-state index in [1.807, 2.05) is 0 Å². The fraction of sp³-hybridized carbons (Fsp3) is 0.923. The first-order valence-electron chi connectivity index (χ1n) is 27.8. The number of hydrogen-bond donors (Lipinski definition) is 3. The van der Waals surface area contributed by atoms with Gasteiger partial charge in [-0.25, -0.2) is 9.13 Å². The predicted octanol–water partition coefficient (Wildman–Crippen LogP) is 13.3. The molecule has 0 aromatic rings. The van der Waals surface area contributed by atoms with Crippen molar-refractivity contribution in [2.75, 3.05) is 39.6 Å². The molecule has 0 aromatic carbocycles. The first-order valence-corrected chi connectivity index (χ1v) is 30.8. The Balaban J connectivity index is 5.16. The number of carbonyl (C=O) groups is 4. The van der Waals surface area contributed by atoms with E-state index in [1.54, 1.807) is 0 Å². The smallest absolute Gasteiger partial charge is 0.462 e. The van der Waals surface area contributed by atoms with Gasteiger partial charge in [-0.2, -0.15) is 0 Å². The molecule has 0 aliphatic carbocycles. The Bertz CT molecular complexity index is 1400. The van der Waals surface area contributed by atoms with Crippen LogP contribution in [0.15, 0.2) is 0 Å². The monoisotopic (exact) mass is 1060 g/mol. The van der Waals surface area contributed by atoms with Crippen molar-refractivity contribution in [1.29, 1.82) is 0 Å². The van der Waals surface area contributed by atoms with Crippen molar-refractivity contribution in [3.63, 3.8) is 0 Å². The molecule has 19 heteroatoms. The number of aliphatic hydroxyl groups excluding tert-OH is 1. The van der Waals surface area contributed by atoms with Gasteiger partial charge >= 0.3 is 39.5 Å². The van der Waals surface area contributed by atoms with Crippen molar-refractivity contribution in [3.05, 3.63) is 0 Å². The highest BCUT2D eigenvalue weighted by atomic mass is 31.2. The molecule has 3 N–H and O–H groups in total. The van der Waals surface area contributed by atoms with Crippen molar-refractivity contribution >= 4 is 39.5 Å². The number of unbranched alkanes of at least 4 members (excludes halogenated alkanes) is 27. The van der Waals surface area contributed by atoms with E-state index in [4.69, 9.17) is 37.0 Å². The van der Waals surface area contributed by atoms with Gasteiger partial charge in [0, 0.05) is 25.7 Å². The Labute approximate surface area is 428 Å². The van der Waals surface area contributed by atoms with Crippen molar-refractivity contribution in [2.24, 2.45) is 0 Å². The van der Waals surface area contributed by atoms with E-state index in [-0.39, 0.29) is 25.7 Å². The predicted molar refractivity (Wildman–Crippen MR) is 275 cm³/mol. The second-order valence-electron chi connectivity index (χ2n) is 18.9. The van der Waals surface area contributed by atoms with Crippen LogP contribution in [-0.2, 0) is 65.4 Å². The molecule has 0 rings (SSSR count). The summed E-state index contributed by atoms with van der Waals surface area (Å²) >= 11 is 0. The van der Waals surface area contributed by atoms with E-state index in [0.717, 1.165) is 116 Å². The van der Waals surface area contributed by atoms with Gasteiger partial charge in [-0.3, -0.25) is 37.3 Å². The second-order valence-corrected chi connectivity index (χ2v) is 21.8. The molecule has 17 nitrogen and oxygen atoms in total. The number of ether oxygens (including phenoxy) is 4. The number of phosphoric ester groups is 2. The third-order valence-electron chi connectivity index (χ3n) is 11.9. The zero-order valence-electron chi connectivity index (χ0n) is 44.7. The summed E-state index contributed by atoms with van der Waals surface area (Å²) in [6.07, 6.45) is 28.5. The highest BCUT2D eigenvalue weighted by molar-refractivity contribution is 7.47. The Morgan fingerprint density at radius 3 is 0.831 bits per heavy atom. The molecule has 0 aromatic heterocycles. The van der Waals surface area contributed by atoms with Crippen LogP contribution >= 0.6 is 15.6 Å². The molecule has 0 fully saturated rings. The number of aliphatic hydroxyl groups is 1. The lowest BCUT2D eigenvalue weighted by molar-refractivity contribution is -0.161. The van der Waals surface area contributed by atoms with Gasteiger partial charge in [0.1, 0.15) is 19.3 Å². The van der Waals surface area contributed by atoms with Gasteiger partial charge in [0.15, 0.2) is 12.2 Å². The van der Waals surface area contributed by atoms with Crippen LogP contribution in [0.1, 0.15) is 252 Å². The molecule has 0 aliphatic rings. The molecule has 0 spiro atoms. The molecule has 0 saturated heterocycles. The second kappa shape index (κ2) is 47.8. The minimum absolute atomic E-state index is 0.103. The fourth-order valence-corrected chi connectivity index (χ4v) is 9.09. The summed E-state index contributed by atoms with van der Waals surface area (Å²) in [7, 11) is -9.84. The van der Waals surface area contributed by atoms with Gasteiger partial charge < -0.3 is 33.8 Å². The Morgan fingerprint density at radius 2 is 0.563 bits per heavy atom. The average molecular weight is 1060 g/mol. The van der Waals surface area contributed by atoms with Crippen LogP contribution < -0.4 is 0 Å². The maximum atomic E-state index is 12.8. The highest BCUT2D eigenvalue weighted by Crippen LogP contribution is 2.45. The van der Waals surface area contributed by atoms with E-state index in [9.17, 15) is 43.2 Å². The SMILES string of the molecule is CCCCCCCCCCCCCC(=O)O[C@H](COC(=O)CCCCCCCCCC)COP(=O)(O)OC[C@@H](O)COP(=O)(O)OC[C@@H](COC(=O)CCCCCCC)OC(=O)CCCCCCCCC. The van der Waals surface area contributed by atoms with Gasteiger partial charge in [-0.05, 0) is 25.7 Å². The Morgan fingerprint density at radius 1 is 0.338 bits per heavy atom. The fourth-order valence-electron chi connectivity index (χ4n) is 7.51. The van der Waals surface area contributed by atoms with Gasteiger partial charge in [0.2, 0.25) is 0 Å². The number of rotatable bonds is 53. The summed E-state index contributed by atoms with van der Waals surface area (Å²) in [6.45, 7) is 4.64. The number of carbonyl (C=O) groups excluding carboxylic acids is 4. The van der Waals surface area contributed by atoms with Crippen LogP contribution in [0.2, 0.25) is 0 Å². The molecule has 0 bridgehead atoms. The summed E-state index contributed by atoms with van der Waals surface area (Å²) < 4.78 is 67.1. The highest BCUT2D eigenvalue weighted by Gasteiger charge is 2.30. The third kappa shape index (κ3) is 47.5. The third-order valence-corrected chi connectivity index (χ3v) is 13.8.